The summed E-state index contributed by atoms with van der Waals surface area (Å²) in [6, 6.07) is 10.5. The van der Waals surface area contributed by atoms with Crippen molar-refractivity contribution in [2.45, 2.75) is 0 Å². The quantitative estimate of drug-likeness (QED) is 0.773. The Morgan fingerprint density at radius 3 is 2.35 bits per heavy atom. The van der Waals surface area contributed by atoms with Gasteiger partial charge in [-0.25, -0.2) is 0 Å². The van der Waals surface area contributed by atoms with Crippen molar-refractivity contribution in [3.05, 3.63) is 78.0 Å². The summed E-state index contributed by atoms with van der Waals surface area (Å²) in [5.74, 6) is 0.870. The van der Waals surface area contributed by atoms with Crippen LogP contribution in [0.1, 0.15) is 5.56 Å². The summed E-state index contributed by atoms with van der Waals surface area (Å²) in [7, 11) is 0. The highest BCUT2D eigenvalue weighted by Crippen LogP contribution is 2.32. The van der Waals surface area contributed by atoms with Gasteiger partial charge < -0.3 is 5.73 Å². The number of hydrogen-bond acceptors (Lipinski definition) is 1. The summed E-state index contributed by atoms with van der Waals surface area (Å²) in [6.07, 6.45) is 13.1. The standard InChI is InChI=1S/C16H15N/c17-16-9-8-14-10-13(6-7-15(14)11-16)12-4-2-1-3-5-12/h1-11,14-15H,17H2. The van der Waals surface area contributed by atoms with Gasteiger partial charge in [-0.3, -0.25) is 0 Å². The molecule has 0 saturated carbocycles. The third kappa shape index (κ3) is 1.96. The summed E-state index contributed by atoms with van der Waals surface area (Å²) < 4.78 is 0. The first-order chi connectivity index (χ1) is 8.33. The molecule has 0 radical (unpaired) electrons. The average Bonchev–Trinajstić information content (AvgIpc) is 2.39. The first-order valence-corrected chi connectivity index (χ1v) is 5.94. The lowest BCUT2D eigenvalue weighted by Crippen LogP contribution is -2.15. The molecule has 3 rings (SSSR count). The van der Waals surface area contributed by atoms with E-state index < -0.39 is 0 Å². The molecule has 2 atom stereocenters. The minimum atomic E-state index is 0.424. The van der Waals surface area contributed by atoms with Crippen LogP contribution in [0.2, 0.25) is 0 Å². The maximum atomic E-state index is 5.81. The lowest BCUT2D eigenvalue weighted by molar-refractivity contribution is 0.656. The van der Waals surface area contributed by atoms with Gasteiger partial charge in [0.05, 0.1) is 0 Å². The van der Waals surface area contributed by atoms with Crippen LogP contribution >= 0.6 is 0 Å². The van der Waals surface area contributed by atoms with Crippen molar-refractivity contribution in [2.75, 3.05) is 0 Å². The second kappa shape index (κ2) is 4.10. The van der Waals surface area contributed by atoms with Crippen LogP contribution in [-0.2, 0) is 0 Å². The van der Waals surface area contributed by atoms with Gasteiger partial charge in [0.2, 0.25) is 0 Å². The van der Waals surface area contributed by atoms with Gasteiger partial charge in [-0.05, 0) is 17.2 Å². The largest absolute Gasteiger partial charge is 0.399 e. The van der Waals surface area contributed by atoms with E-state index in [1.165, 1.54) is 11.1 Å². The normalized spacial score (nSPS) is 26.1. The fourth-order valence-corrected chi connectivity index (χ4v) is 2.39. The van der Waals surface area contributed by atoms with E-state index in [9.17, 15) is 0 Å². The van der Waals surface area contributed by atoms with E-state index >= 15 is 0 Å². The Morgan fingerprint density at radius 1 is 0.824 bits per heavy atom. The number of hydrogen-bond donors (Lipinski definition) is 1. The van der Waals surface area contributed by atoms with Crippen molar-refractivity contribution in [2.24, 2.45) is 17.6 Å². The molecule has 0 bridgehead atoms. The van der Waals surface area contributed by atoms with Crippen LogP contribution in [0.25, 0.3) is 5.57 Å². The van der Waals surface area contributed by atoms with Crippen LogP contribution in [0.3, 0.4) is 0 Å². The molecule has 84 valence electrons. The smallest absolute Gasteiger partial charge is 0.0276 e. The first-order valence-electron chi connectivity index (χ1n) is 5.94. The van der Waals surface area contributed by atoms with Gasteiger partial charge >= 0.3 is 0 Å². The molecule has 17 heavy (non-hydrogen) atoms. The molecule has 0 fully saturated rings. The number of nitrogens with two attached hydrogens (primary N) is 1. The molecule has 2 aliphatic rings. The summed E-state index contributed by atoms with van der Waals surface area (Å²) in [5, 5.41) is 0. The van der Waals surface area contributed by atoms with Gasteiger partial charge in [-0.1, -0.05) is 60.7 Å². The molecule has 0 saturated heterocycles. The fourth-order valence-electron chi connectivity index (χ4n) is 2.39. The van der Waals surface area contributed by atoms with Gasteiger partial charge in [0.15, 0.2) is 0 Å². The highest BCUT2D eigenvalue weighted by Gasteiger charge is 2.19. The summed E-state index contributed by atoms with van der Waals surface area (Å²) >= 11 is 0. The Labute approximate surface area is 102 Å². The van der Waals surface area contributed by atoms with Crippen molar-refractivity contribution < 1.29 is 0 Å². The minimum absolute atomic E-state index is 0.424. The molecule has 2 N–H and O–H groups in total. The van der Waals surface area contributed by atoms with Gasteiger partial charge in [0, 0.05) is 17.5 Å². The van der Waals surface area contributed by atoms with Crippen molar-refractivity contribution in [1.82, 2.24) is 0 Å². The molecule has 2 unspecified atom stereocenters. The van der Waals surface area contributed by atoms with Crippen LogP contribution < -0.4 is 5.73 Å². The van der Waals surface area contributed by atoms with Crippen LogP contribution in [0.5, 0.6) is 0 Å². The van der Waals surface area contributed by atoms with Crippen molar-refractivity contribution in [3.63, 3.8) is 0 Å². The Kier molecular flexibility index (Phi) is 2.45. The second-order valence-electron chi connectivity index (χ2n) is 4.53. The highest BCUT2D eigenvalue weighted by atomic mass is 14.6. The average molecular weight is 221 g/mol. The number of fused-ring (bicyclic) bond motifs is 1. The maximum absolute atomic E-state index is 5.81. The topological polar surface area (TPSA) is 26.0 Å². The Balaban J connectivity index is 1.92. The van der Waals surface area contributed by atoms with E-state index in [4.69, 9.17) is 5.73 Å². The van der Waals surface area contributed by atoms with Crippen molar-refractivity contribution in [3.8, 4) is 0 Å². The van der Waals surface area contributed by atoms with E-state index in [2.05, 4.69) is 54.6 Å². The summed E-state index contributed by atoms with van der Waals surface area (Å²) in [4.78, 5) is 0. The van der Waals surface area contributed by atoms with Crippen molar-refractivity contribution in [1.29, 1.82) is 0 Å². The lowest BCUT2D eigenvalue weighted by Gasteiger charge is -2.24. The molecule has 1 aromatic carbocycles. The van der Waals surface area contributed by atoms with Gasteiger partial charge in [-0.2, -0.15) is 0 Å². The van der Waals surface area contributed by atoms with Crippen LogP contribution in [0.15, 0.2) is 72.5 Å². The summed E-state index contributed by atoms with van der Waals surface area (Å²) in [6.45, 7) is 0. The van der Waals surface area contributed by atoms with E-state index in [0.29, 0.717) is 11.8 Å². The van der Waals surface area contributed by atoms with Gasteiger partial charge in [0.1, 0.15) is 0 Å². The molecular formula is C16H15N. The number of benzene rings is 1. The fraction of sp³-hybridized carbons (Fsp3) is 0.125. The maximum Gasteiger partial charge on any atom is 0.0276 e. The third-order valence-electron chi connectivity index (χ3n) is 3.32. The predicted molar refractivity (Wildman–Crippen MR) is 71.9 cm³/mol. The Morgan fingerprint density at radius 2 is 1.53 bits per heavy atom. The third-order valence-corrected chi connectivity index (χ3v) is 3.32. The molecule has 1 aromatic rings. The molecule has 0 aliphatic heterocycles. The summed E-state index contributed by atoms with van der Waals surface area (Å²) in [5.41, 5.74) is 9.25. The molecular weight excluding hydrogens is 206 g/mol. The monoisotopic (exact) mass is 221 g/mol. The second-order valence-corrected chi connectivity index (χ2v) is 4.53. The molecule has 1 nitrogen and oxygen atoms in total. The SMILES string of the molecule is NC1=CC2C=CC(c3ccccc3)=CC2C=C1. The van der Waals surface area contributed by atoms with E-state index in [-0.39, 0.29) is 0 Å². The lowest BCUT2D eigenvalue weighted by atomic mass is 9.81. The molecule has 0 aromatic heterocycles. The van der Waals surface area contributed by atoms with E-state index in [1.807, 2.05) is 12.1 Å². The number of rotatable bonds is 1. The van der Waals surface area contributed by atoms with Gasteiger partial charge in [-0.15, -0.1) is 0 Å². The molecule has 0 heterocycles. The zero-order valence-electron chi connectivity index (χ0n) is 9.58. The van der Waals surface area contributed by atoms with E-state index in [0.717, 1.165) is 5.70 Å². The van der Waals surface area contributed by atoms with Crippen LogP contribution in [0, 0.1) is 11.8 Å². The minimum Gasteiger partial charge on any atom is -0.399 e. The molecule has 1 heteroatoms. The molecule has 0 amide bonds. The molecule has 2 aliphatic carbocycles. The Bertz CT molecular complexity index is 532. The van der Waals surface area contributed by atoms with E-state index in [1.54, 1.807) is 0 Å². The Hall–Kier alpha value is -2.02. The van der Waals surface area contributed by atoms with Crippen LogP contribution in [0.4, 0.5) is 0 Å². The zero-order chi connectivity index (χ0) is 11.7. The predicted octanol–water partition coefficient (Wildman–Crippen LogP) is 3.28. The first kappa shape index (κ1) is 10.2. The molecule has 0 spiro atoms. The van der Waals surface area contributed by atoms with Crippen LogP contribution in [-0.4, -0.2) is 0 Å². The van der Waals surface area contributed by atoms with Crippen molar-refractivity contribution >= 4 is 5.57 Å². The van der Waals surface area contributed by atoms with Gasteiger partial charge in [0.25, 0.3) is 0 Å². The number of allylic oxidation sites excluding steroid dienone is 7. The zero-order valence-corrected chi connectivity index (χ0v) is 9.58. The highest BCUT2D eigenvalue weighted by molar-refractivity contribution is 5.75.